The van der Waals surface area contributed by atoms with Crippen LogP contribution < -0.4 is 5.73 Å². The smallest absolute Gasteiger partial charge is 0.274 e. The van der Waals surface area contributed by atoms with E-state index in [2.05, 4.69) is 5.10 Å². The van der Waals surface area contributed by atoms with Crippen molar-refractivity contribution >= 4 is 34.9 Å². The second kappa shape index (κ2) is 5.50. The van der Waals surface area contributed by atoms with Crippen molar-refractivity contribution in [2.75, 3.05) is 19.3 Å². The molecule has 1 amide bonds. The minimum absolute atomic E-state index is 0.0155. The summed E-state index contributed by atoms with van der Waals surface area (Å²) in [4.78, 5) is 14.6. The van der Waals surface area contributed by atoms with Crippen LogP contribution >= 0.6 is 24.0 Å². The molecule has 1 fully saturated rings. The first kappa shape index (κ1) is 14.3. The molecule has 2 N–H and O–H groups in total. The van der Waals surface area contributed by atoms with Gasteiger partial charge in [0.1, 0.15) is 5.69 Å². The highest BCUT2D eigenvalue weighted by Gasteiger charge is 2.38. The zero-order valence-corrected chi connectivity index (χ0v) is 12.8. The number of piperidine rings is 1. The van der Waals surface area contributed by atoms with Crippen LogP contribution in [0, 0.1) is 0 Å². The van der Waals surface area contributed by atoms with Gasteiger partial charge in [-0.1, -0.05) is 12.2 Å². The van der Waals surface area contributed by atoms with E-state index in [1.165, 1.54) is 0 Å². The fourth-order valence-corrected chi connectivity index (χ4v) is 3.56. The maximum Gasteiger partial charge on any atom is 0.274 e. The molecule has 0 spiro atoms. The first-order chi connectivity index (χ1) is 8.98. The van der Waals surface area contributed by atoms with E-state index in [0.29, 0.717) is 23.8 Å². The average Bonchev–Trinajstić information content (AvgIpc) is 2.84. The number of nitrogens with two attached hydrogens (primary N) is 1. The third kappa shape index (κ3) is 2.76. The highest BCUT2D eigenvalue weighted by atomic mass is 32.2. The molecule has 0 atom stereocenters. The molecule has 1 aliphatic heterocycles. The molecule has 104 valence electrons. The number of amides is 1. The zero-order chi connectivity index (χ0) is 14.0. The summed E-state index contributed by atoms with van der Waals surface area (Å²) in [7, 11) is 1.80. The summed E-state index contributed by atoms with van der Waals surface area (Å²) in [5.74, 6) is -0.0155. The minimum atomic E-state index is -0.157. The summed E-state index contributed by atoms with van der Waals surface area (Å²) in [6, 6.07) is 1.74. The average molecular weight is 298 g/mol. The van der Waals surface area contributed by atoms with Gasteiger partial charge >= 0.3 is 0 Å². The van der Waals surface area contributed by atoms with E-state index in [1.54, 1.807) is 35.8 Å². The van der Waals surface area contributed by atoms with Crippen molar-refractivity contribution in [1.29, 1.82) is 0 Å². The van der Waals surface area contributed by atoms with Crippen LogP contribution in [-0.4, -0.2) is 49.7 Å². The van der Waals surface area contributed by atoms with Crippen LogP contribution in [0.1, 0.15) is 23.3 Å². The molecule has 1 aromatic rings. The molecule has 1 aromatic heterocycles. The third-order valence-corrected chi connectivity index (χ3v) is 5.56. The molecule has 1 aliphatic rings. The fraction of sp³-hybridized carbons (Fsp3) is 0.583. The van der Waals surface area contributed by atoms with Crippen molar-refractivity contribution in [1.82, 2.24) is 14.7 Å². The number of rotatable bonds is 3. The predicted molar refractivity (Wildman–Crippen MR) is 81.4 cm³/mol. The van der Waals surface area contributed by atoms with Gasteiger partial charge < -0.3 is 10.6 Å². The van der Waals surface area contributed by atoms with E-state index in [0.717, 1.165) is 12.8 Å². The molecule has 5 nitrogen and oxygen atoms in total. The van der Waals surface area contributed by atoms with Gasteiger partial charge in [0.25, 0.3) is 5.91 Å². The van der Waals surface area contributed by atoms with E-state index in [-0.39, 0.29) is 10.7 Å². The van der Waals surface area contributed by atoms with Crippen molar-refractivity contribution in [3.05, 3.63) is 18.0 Å². The molecule has 2 rings (SSSR count). The van der Waals surface area contributed by atoms with E-state index in [4.69, 9.17) is 18.0 Å². The number of hydrogen-bond acceptors (Lipinski definition) is 4. The van der Waals surface area contributed by atoms with Gasteiger partial charge in [0.15, 0.2) is 0 Å². The first-order valence-electron chi connectivity index (χ1n) is 6.12. The topological polar surface area (TPSA) is 64.2 Å². The molecule has 7 heteroatoms. The van der Waals surface area contributed by atoms with Crippen LogP contribution in [0.2, 0.25) is 0 Å². The number of thiocarbonyl (C=S) groups is 1. The van der Waals surface area contributed by atoms with Crippen LogP contribution in [-0.2, 0) is 7.05 Å². The summed E-state index contributed by atoms with van der Waals surface area (Å²) in [6.07, 6.45) is 5.41. The SMILES string of the molecule is CSC1(C(N)=S)CCN(C(=O)c2ccn(C)n2)CC1. The van der Waals surface area contributed by atoms with Crippen molar-refractivity contribution < 1.29 is 4.79 Å². The summed E-state index contributed by atoms with van der Waals surface area (Å²) >= 11 is 6.86. The van der Waals surface area contributed by atoms with Gasteiger partial charge in [-0.05, 0) is 25.2 Å². The Morgan fingerprint density at radius 1 is 1.53 bits per heavy atom. The molecule has 0 unspecified atom stereocenters. The fourth-order valence-electron chi connectivity index (χ4n) is 2.31. The summed E-state index contributed by atoms with van der Waals surface area (Å²) in [6.45, 7) is 1.35. The van der Waals surface area contributed by atoms with Gasteiger partial charge in [0.2, 0.25) is 0 Å². The normalized spacial score (nSPS) is 18.3. The van der Waals surface area contributed by atoms with Crippen LogP contribution in [0.15, 0.2) is 12.3 Å². The van der Waals surface area contributed by atoms with Gasteiger partial charge in [-0.2, -0.15) is 16.9 Å². The van der Waals surface area contributed by atoms with Gasteiger partial charge in [0.05, 0.1) is 9.74 Å². The maximum absolute atomic E-state index is 12.3. The van der Waals surface area contributed by atoms with Crippen molar-refractivity contribution in [2.45, 2.75) is 17.6 Å². The molecule has 2 heterocycles. The molecule has 0 saturated carbocycles. The van der Waals surface area contributed by atoms with Crippen LogP contribution in [0.25, 0.3) is 0 Å². The Kier molecular flexibility index (Phi) is 4.15. The largest absolute Gasteiger partial charge is 0.392 e. The quantitative estimate of drug-likeness (QED) is 0.845. The Morgan fingerprint density at radius 2 is 2.16 bits per heavy atom. The number of carbonyl (C=O) groups is 1. The highest BCUT2D eigenvalue weighted by molar-refractivity contribution is 8.02. The van der Waals surface area contributed by atoms with E-state index >= 15 is 0 Å². The molecular weight excluding hydrogens is 280 g/mol. The standard InChI is InChI=1S/C12H18N4OS2/c1-15-6-3-9(14-15)10(17)16-7-4-12(19-2,5-8-16)11(13)18/h3,6H,4-5,7-8H2,1-2H3,(H2,13,18). The molecule has 19 heavy (non-hydrogen) atoms. The molecule has 0 aromatic carbocycles. The first-order valence-corrected chi connectivity index (χ1v) is 7.76. The lowest BCUT2D eigenvalue weighted by Gasteiger charge is -2.39. The highest BCUT2D eigenvalue weighted by Crippen LogP contribution is 2.35. The molecule has 0 radical (unpaired) electrons. The van der Waals surface area contributed by atoms with E-state index < -0.39 is 0 Å². The van der Waals surface area contributed by atoms with Gasteiger partial charge in [-0.15, -0.1) is 0 Å². The summed E-state index contributed by atoms with van der Waals surface area (Å²) in [5.41, 5.74) is 6.34. The van der Waals surface area contributed by atoms with Crippen molar-refractivity contribution in [2.24, 2.45) is 12.8 Å². The summed E-state index contributed by atoms with van der Waals surface area (Å²) < 4.78 is 1.48. The number of aryl methyl sites for hydroxylation is 1. The summed E-state index contributed by atoms with van der Waals surface area (Å²) in [5, 5.41) is 4.15. The Balaban J connectivity index is 2.04. The molecule has 0 aliphatic carbocycles. The Hall–Kier alpha value is -1.08. The Bertz CT molecular complexity index is 492. The number of carbonyl (C=O) groups excluding carboxylic acids is 1. The maximum atomic E-state index is 12.3. The predicted octanol–water partition coefficient (Wildman–Crippen LogP) is 1.04. The second-order valence-corrected chi connectivity index (χ2v) is 6.36. The van der Waals surface area contributed by atoms with Crippen LogP contribution in [0.5, 0.6) is 0 Å². The second-order valence-electron chi connectivity index (χ2n) is 4.73. The van der Waals surface area contributed by atoms with E-state index in [1.807, 2.05) is 11.2 Å². The number of aromatic nitrogens is 2. The Labute approximate surface area is 122 Å². The molecule has 1 saturated heterocycles. The van der Waals surface area contributed by atoms with Crippen molar-refractivity contribution in [3.8, 4) is 0 Å². The van der Waals surface area contributed by atoms with Gasteiger partial charge in [-0.25, -0.2) is 0 Å². The van der Waals surface area contributed by atoms with Gasteiger partial charge in [0, 0.05) is 26.3 Å². The Morgan fingerprint density at radius 3 is 2.58 bits per heavy atom. The molecule has 0 bridgehead atoms. The number of likely N-dealkylation sites (tertiary alicyclic amines) is 1. The number of hydrogen-bond donors (Lipinski definition) is 1. The monoisotopic (exact) mass is 298 g/mol. The van der Waals surface area contributed by atoms with Crippen LogP contribution in [0.3, 0.4) is 0 Å². The zero-order valence-electron chi connectivity index (χ0n) is 11.1. The van der Waals surface area contributed by atoms with Crippen LogP contribution in [0.4, 0.5) is 0 Å². The van der Waals surface area contributed by atoms with Gasteiger partial charge in [-0.3, -0.25) is 9.48 Å². The molecular formula is C12H18N4OS2. The number of nitrogens with zero attached hydrogens (tertiary/aromatic N) is 3. The number of thioether (sulfide) groups is 1. The van der Waals surface area contributed by atoms with E-state index in [9.17, 15) is 4.79 Å². The minimum Gasteiger partial charge on any atom is -0.392 e. The lowest BCUT2D eigenvalue weighted by Crippen LogP contribution is -2.50. The van der Waals surface area contributed by atoms with Crippen molar-refractivity contribution in [3.63, 3.8) is 0 Å². The lowest BCUT2D eigenvalue weighted by atomic mass is 9.95. The lowest BCUT2D eigenvalue weighted by molar-refractivity contribution is 0.0712. The third-order valence-electron chi connectivity index (χ3n) is 3.63.